The van der Waals surface area contributed by atoms with Gasteiger partial charge in [-0.15, -0.1) is 0 Å². The van der Waals surface area contributed by atoms with Gasteiger partial charge in [-0.25, -0.2) is 0 Å². The number of ether oxygens (including phenoxy) is 1. The topological polar surface area (TPSA) is 41.5 Å². The number of aliphatic hydroxyl groups excluding tert-OH is 1. The molecule has 1 aliphatic rings. The minimum atomic E-state index is 0.284. The Labute approximate surface area is 93.2 Å². The Hall–Kier alpha value is -0.120. The van der Waals surface area contributed by atoms with Gasteiger partial charge < -0.3 is 15.2 Å². The second-order valence-electron chi connectivity index (χ2n) is 4.52. The molecule has 1 rings (SSSR count). The Morgan fingerprint density at radius 1 is 1.40 bits per heavy atom. The highest BCUT2D eigenvalue weighted by molar-refractivity contribution is 4.78. The van der Waals surface area contributed by atoms with Gasteiger partial charge >= 0.3 is 0 Å². The first-order valence-electron chi connectivity index (χ1n) is 6.22. The predicted octanol–water partition coefficient (Wildman–Crippen LogP) is 1.55. The number of hydrogen-bond donors (Lipinski definition) is 2. The Balaban J connectivity index is 2.28. The summed E-state index contributed by atoms with van der Waals surface area (Å²) in [5, 5.41) is 12.6. The van der Waals surface area contributed by atoms with Crippen LogP contribution in [0.1, 0.15) is 39.5 Å². The third kappa shape index (κ3) is 4.49. The van der Waals surface area contributed by atoms with Crippen molar-refractivity contribution in [1.82, 2.24) is 5.32 Å². The summed E-state index contributed by atoms with van der Waals surface area (Å²) in [6, 6.07) is 1.01. The van der Waals surface area contributed by atoms with E-state index < -0.39 is 0 Å². The second-order valence-corrected chi connectivity index (χ2v) is 4.52. The lowest BCUT2D eigenvalue weighted by molar-refractivity contribution is 0.0537. The maximum absolute atomic E-state index is 8.93. The molecule has 0 aromatic rings. The quantitative estimate of drug-likeness (QED) is 0.706. The van der Waals surface area contributed by atoms with Crippen molar-refractivity contribution in [1.29, 1.82) is 0 Å². The van der Waals surface area contributed by atoms with Crippen LogP contribution < -0.4 is 5.32 Å². The summed E-state index contributed by atoms with van der Waals surface area (Å²) in [5.74, 6) is 0.742. The van der Waals surface area contributed by atoms with E-state index >= 15 is 0 Å². The summed E-state index contributed by atoms with van der Waals surface area (Å²) in [7, 11) is 0. The van der Waals surface area contributed by atoms with E-state index in [-0.39, 0.29) is 6.61 Å². The molecule has 3 nitrogen and oxygen atoms in total. The number of aliphatic hydroxyl groups is 1. The monoisotopic (exact) mass is 215 g/mol. The largest absolute Gasteiger partial charge is 0.396 e. The van der Waals surface area contributed by atoms with Crippen molar-refractivity contribution in [2.45, 2.75) is 51.6 Å². The lowest BCUT2D eigenvalue weighted by atomic mass is 9.92. The van der Waals surface area contributed by atoms with Crippen molar-refractivity contribution in [3.63, 3.8) is 0 Å². The molecule has 0 spiro atoms. The molecule has 1 aliphatic heterocycles. The molecule has 0 bridgehead atoms. The zero-order valence-electron chi connectivity index (χ0n) is 10.0. The molecule has 15 heavy (non-hydrogen) atoms. The van der Waals surface area contributed by atoms with Gasteiger partial charge in [0.1, 0.15) is 0 Å². The van der Waals surface area contributed by atoms with Crippen LogP contribution in [0.25, 0.3) is 0 Å². The molecule has 2 unspecified atom stereocenters. The average Bonchev–Trinajstić information content (AvgIpc) is 2.29. The SMILES string of the molecule is CCC(CCO)NC(C)C1CCOCC1. The Kier molecular flexibility index (Phi) is 6.22. The first-order chi connectivity index (χ1) is 7.27. The van der Waals surface area contributed by atoms with Crippen LogP contribution in [0.15, 0.2) is 0 Å². The lowest BCUT2D eigenvalue weighted by Crippen LogP contribution is -2.42. The minimum Gasteiger partial charge on any atom is -0.396 e. The van der Waals surface area contributed by atoms with Gasteiger partial charge in [-0.05, 0) is 38.5 Å². The lowest BCUT2D eigenvalue weighted by Gasteiger charge is -2.31. The van der Waals surface area contributed by atoms with Gasteiger partial charge in [0.25, 0.3) is 0 Å². The van der Waals surface area contributed by atoms with Gasteiger partial charge in [0.05, 0.1) is 0 Å². The summed E-state index contributed by atoms with van der Waals surface area (Å²) in [5.41, 5.74) is 0. The van der Waals surface area contributed by atoms with Crippen LogP contribution in [0.5, 0.6) is 0 Å². The first kappa shape index (κ1) is 12.9. The smallest absolute Gasteiger partial charge is 0.0469 e. The van der Waals surface area contributed by atoms with Crippen LogP contribution in [0.4, 0.5) is 0 Å². The van der Waals surface area contributed by atoms with Crippen molar-refractivity contribution in [3.8, 4) is 0 Å². The van der Waals surface area contributed by atoms with Crippen LogP contribution in [0.3, 0.4) is 0 Å². The molecule has 0 aromatic carbocycles. The van der Waals surface area contributed by atoms with Crippen LogP contribution >= 0.6 is 0 Å². The fourth-order valence-corrected chi connectivity index (χ4v) is 2.28. The van der Waals surface area contributed by atoms with E-state index in [1.54, 1.807) is 0 Å². The number of hydrogen-bond acceptors (Lipinski definition) is 3. The molecule has 0 radical (unpaired) electrons. The van der Waals surface area contributed by atoms with Gasteiger partial charge in [0, 0.05) is 31.9 Å². The Morgan fingerprint density at radius 3 is 2.60 bits per heavy atom. The highest BCUT2D eigenvalue weighted by Crippen LogP contribution is 2.19. The zero-order chi connectivity index (χ0) is 11.1. The van der Waals surface area contributed by atoms with E-state index in [0.717, 1.165) is 32.0 Å². The Bertz CT molecular complexity index is 158. The highest BCUT2D eigenvalue weighted by Gasteiger charge is 2.21. The second kappa shape index (κ2) is 7.20. The van der Waals surface area contributed by atoms with Crippen molar-refractivity contribution in [2.24, 2.45) is 5.92 Å². The zero-order valence-corrected chi connectivity index (χ0v) is 10.0. The molecule has 2 atom stereocenters. The maximum Gasteiger partial charge on any atom is 0.0469 e. The standard InChI is InChI=1S/C12H25NO2/c1-3-12(4-7-14)13-10(2)11-5-8-15-9-6-11/h10-14H,3-9H2,1-2H3. The van der Waals surface area contributed by atoms with Crippen molar-refractivity contribution in [3.05, 3.63) is 0 Å². The molecular formula is C12H25NO2. The Morgan fingerprint density at radius 2 is 2.07 bits per heavy atom. The van der Waals surface area contributed by atoms with Crippen molar-refractivity contribution >= 4 is 0 Å². The first-order valence-corrected chi connectivity index (χ1v) is 6.22. The summed E-state index contributed by atoms with van der Waals surface area (Å²) in [6.07, 6.45) is 4.30. The van der Waals surface area contributed by atoms with Crippen LogP contribution in [-0.2, 0) is 4.74 Å². The molecule has 1 heterocycles. The molecule has 1 saturated heterocycles. The van der Waals surface area contributed by atoms with E-state index in [1.807, 2.05) is 0 Å². The summed E-state index contributed by atoms with van der Waals surface area (Å²) in [6.45, 7) is 6.53. The molecule has 3 heteroatoms. The van der Waals surface area contributed by atoms with E-state index in [2.05, 4.69) is 19.2 Å². The summed E-state index contributed by atoms with van der Waals surface area (Å²) < 4.78 is 5.36. The van der Waals surface area contributed by atoms with Gasteiger partial charge in [-0.3, -0.25) is 0 Å². The molecule has 0 aromatic heterocycles. The summed E-state index contributed by atoms with van der Waals surface area (Å²) >= 11 is 0. The maximum atomic E-state index is 8.93. The normalized spacial score (nSPS) is 22.6. The molecule has 2 N–H and O–H groups in total. The minimum absolute atomic E-state index is 0.284. The summed E-state index contributed by atoms with van der Waals surface area (Å²) in [4.78, 5) is 0. The average molecular weight is 215 g/mol. The number of rotatable bonds is 6. The predicted molar refractivity (Wildman–Crippen MR) is 61.9 cm³/mol. The third-order valence-corrected chi connectivity index (χ3v) is 3.44. The number of nitrogens with one attached hydrogen (secondary N) is 1. The van der Waals surface area contributed by atoms with E-state index in [0.29, 0.717) is 12.1 Å². The van der Waals surface area contributed by atoms with Crippen LogP contribution in [0.2, 0.25) is 0 Å². The van der Waals surface area contributed by atoms with E-state index in [1.165, 1.54) is 12.8 Å². The molecule has 1 fully saturated rings. The van der Waals surface area contributed by atoms with Crippen LogP contribution in [-0.4, -0.2) is 37.0 Å². The van der Waals surface area contributed by atoms with Gasteiger partial charge in [-0.2, -0.15) is 0 Å². The van der Waals surface area contributed by atoms with Gasteiger partial charge in [0.2, 0.25) is 0 Å². The molecular weight excluding hydrogens is 190 g/mol. The third-order valence-electron chi connectivity index (χ3n) is 3.44. The molecule has 0 aliphatic carbocycles. The van der Waals surface area contributed by atoms with Gasteiger partial charge in [-0.1, -0.05) is 6.92 Å². The van der Waals surface area contributed by atoms with Crippen LogP contribution in [0, 0.1) is 5.92 Å². The fraction of sp³-hybridized carbons (Fsp3) is 1.00. The molecule has 90 valence electrons. The molecule has 0 amide bonds. The highest BCUT2D eigenvalue weighted by atomic mass is 16.5. The van der Waals surface area contributed by atoms with Crippen molar-refractivity contribution in [2.75, 3.05) is 19.8 Å². The van der Waals surface area contributed by atoms with Gasteiger partial charge in [0.15, 0.2) is 0 Å². The van der Waals surface area contributed by atoms with E-state index in [4.69, 9.17) is 9.84 Å². The van der Waals surface area contributed by atoms with E-state index in [9.17, 15) is 0 Å². The fourth-order valence-electron chi connectivity index (χ4n) is 2.28. The molecule has 0 saturated carbocycles. The van der Waals surface area contributed by atoms with Crippen molar-refractivity contribution < 1.29 is 9.84 Å².